The van der Waals surface area contributed by atoms with Gasteiger partial charge in [0, 0.05) is 12.6 Å². The Hall–Kier alpha value is -2.71. The Kier molecular flexibility index (Phi) is 5.85. The third-order valence-corrected chi connectivity index (χ3v) is 7.96. The minimum absolute atomic E-state index is 0.00286. The second-order valence-corrected chi connectivity index (χ2v) is 10.1. The van der Waals surface area contributed by atoms with Crippen LogP contribution < -0.4 is 0 Å². The standard InChI is InChI=1S/C23H27N3O4S/c1-16-23(31(28,29)25(3)14-21-9-6-12-30-21)17(2)26(24-16)15-22(27)20-11-10-18-7-4-5-8-19(18)13-20/h6,9-13H,4-5,7-8,14-15H2,1-3H3. The molecule has 3 aromatic rings. The van der Waals surface area contributed by atoms with Gasteiger partial charge in [0.2, 0.25) is 10.0 Å². The average molecular weight is 442 g/mol. The van der Waals surface area contributed by atoms with Crippen molar-refractivity contribution in [2.75, 3.05) is 7.05 Å². The first-order chi connectivity index (χ1) is 14.8. The molecule has 0 bridgehead atoms. The number of Topliss-reactive ketones (excluding diaryl/α,β-unsaturated/α-hetero) is 1. The van der Waals surface area contributed by atoms with Crippen LogP contribution in [-0.2, 0) is 36.0 Å². The Morgan fingerprint density at radius 1 is 1.16 bits per heavy atom. The van der Waals surface area contributed by atoms with E-state index in [1.807, 2.05) is 18.2 Å². The number of aryl methyl sites for hydroxylation is 3. The Morgan fingerprint density at radius 2 is 1.90 bits per heavy atom. The van der Waals surface area contributed by atoms with Gasteiger partial charge in [0.15, 0.2) is 5.78 Å². The molecule has 0 radical (unpaired) electrons. The number of nitrogens with zero attached hydrogens (tertiary/aromatic N) is 3. The van der Waals surface area contributed by atoms with Crippen molar-refractivity contribution >= 4 is 15.8 Å². The van der Waals surface area contributed by atoms with Crippen LogP contribution in [0.1, 0.15) is 51.5 Å². The van der Waals surface area contributed by atoms with Crippen LogP contribution in [0.2, 0.25) is 0 Å². The largest absolute Gasteiger partial charge is 0.468 e. The molecule has 0 saturated heterocycles. The molecule has 1 aliphatic carbocycles. The predicted octanol–water partition coefficient (Wildman–Crippen LogP) is 3.68. The number of benzene rings is 1. The summed E-state index contributed by atoms with van der Waals surface area (Å²) in [6, 6.07) is 9.34. The van der Waals surface area contributed by atoms with Crippen molar-refractivity contribution in [1.82, 2.24) is 14.1 Å². The van der Waals surface area contributed by atoms with E-state index in [2.05, 4.69) is 5.10 Å². The van der Waals surface area contributed by atoms with E-state index in [4.69, 9.17) is 4.42 Å². The van der Waals surface area contributed by atoms with Gasteiger partial charge in [-0.1, -0.05) is 12.1 Å². The lowest BCUT2D eigenvalue weighted by molar-refractivity contribution is 0.0966. The van der Waals surface area contributed by atoms with E-state index < -0.39 is 10.0 Å². The smallest absolute Gasteiger partial charge is 0.246 e. The van der Waals surface area contributed by atoms with E-state index in [1.165, 1.54) is 39.8 Å². The summed E-state index contributed by atoms with van der Waals surface area (Å²) in [5, 5.41) is 4.38. The van der Waals surface area contributed by atoms with Crippen LogP contribution >= 0.6 is 0 Å². The van der Waals surface area contributed by atoms with Crippen LogP contribution in [0.5, 0.6) is 0 Å². The number of carbonyl (C=O) groups is 1. The van der Waals surface area contributed by atoms with Crippen LogP contribution in [0.3, 0.4) is 0 Å². The molecule has 0 fully saturated rings. The highest BCUT2D eigenvalue weighted by molar-refractivity contribution is 7.89. The van der Waals surface area contributed by atoms with E-state index in [0.717, 1.165) is 19.3 Å². The predicted molar refractivity (Wildman–Crippen MR) is 116 cm³/mol. The van der Waals surface area contributed by atoms with E-state index in [-0.39, 0.29) is 23.8 Å². The lowest BCUT2D eigenvalue weighted by Crippen LogP contribution is -2.27. The summed E-state index contributed by atoms with van der Waals surface area (Å²) in [6.45, 7) is 3.46. The van der Waals surface area contributed by atoms with E-state index in [0.29, 0.717) is 22.7 Å². The molecule has 164 valence electrons. The molecule has 1 aliphatic rings. The fourth-order valence-corrected chi connectivity index (χ4v) is 5.71. The van der Waals surface area contributed by atoms with Crippen molar-refractivity contribution in [2.24, 2.45) is 0 Å². The van der Waals surface area contributed by atoms with Crippen molar-refractivity contribution in [3.63, 3.8) is 0 Å². The van der Waals surface area contributed by atoms with Gasteiger partial charge in [-0.2, -0.15) is 9.40 Å². The van der Waals surface area contributed by atoms with Gasteiger partial charge in [0.05, 0.1) is 24.2 Å². The highest BCUT2D eigenvalue weighted by atomic mass is 32.2. The van der Waals surface area contributed by atoms with Crippen LogP contribution in [-0.4, -0.2) is 35.3 Å². The van der Waals surface area contributed by atoms with Crippen molar-refractivity contribution in [3.8, 4) is 0 Å². The summed E-state index contributed by atoms with van der Waals surface area (Å²) in [7, 11) is -2.28. The molecule has 0 amide bonds. The maximum Gasteiger partial charge on any atom is 0.246 e. The van der Waals surface area contributed by atoms with Gasteiger partial charge in [-0.15, -0.1) is 0 Å². The van der Waals surface area contributed by atoms with Gasteiger partial charge in [-0.05, 0) is 68.9 Å². The number of ketones is 1. The molecule has 0 aliphatic heterocycles. The zero-order chi connectivity index (χ0) is 22.2. The third kappa shape index (κ3) is 4.22. The molecule has 0 spiro atoms. The van der Waals surface area contributed by atoms with Gasteiger partial charge in [-0.25, -0.2) is 8.42 Å². The maximum absolute atomic E-state index is 13.2. The molecule has 7 nitrogen and oxygen atoms in total. The summed E-state index contributed by atoms with van der Waals surface area (Å²) in [5.74, 6) is 0.475. The number of aromatic nitrogens is 2. The molecule has 0 N–H and O–H groups in total. The Bertz CT molecular complexity index is 1210. The number of furan rings is 1. The molecular formula is C23H27N3O4S. The molecule has 8 heteroatoms. The quantitative estimate of drug-likeness (QED) is 0.522. The summed E-state index contributed by atoms with van der Waals surface area (Å²) in [5.41, 5.74) is 4.04. The van der Waals surface area contributed by atoms with Crippen LogP contribution in [0, 0.1) is 13.8 Å². The van der Waals surface area contributed by atoms with Crippen molar-refractivity contribution in [1.29, 1.82) is 0 Å². The monoisotopic (exact) mass is 441 g/mol. The summed E-state index contributed by atoms with van der Waals surface area (Å²) < 4.78 is 34.3. The molecule has 0 saturated carbocycles. The molecule has 0 atom stereocenters. The SMILES string of the molecule is Cc1nn(CC(=O)c2ccc3c(c2)CCCC3)c(C)c1S(=O)(=O)N(C)Cc1ccco1. The Morgan fingerprint density at radius 3 is 2.61 bits per heavy atom. The molecular weight excluding hydrogens is 414 g/mol. The number of hydrogen-bond acceptors (Lipinski definition) is 5. The first kappa shape index (κ1) is 21.5. The maximum atomic E-state index is 13.2. The molecule has 2 aromatic heterocycles. The fraction of sp³-hybridized carbons (Fsp3) is 0.391. The Balaban J connectivity index is 1.57. The average Bonchev–Trinajstić information content (AvgIpc) is 3.35. The van der Waals surface area contributed by atoms with E-state index >= 15 is 0 Å². The van der Waals surface area contributed by atoms with Gasteiger partial charge >= 0.3 is 0 Å². The number of carbonyl (C=O) groups excluding carboxylic acids is 1. The topological polar surface area (TPSA) is 85.4 Å². The second kappa shape index (κ2) is 8.43. The number of sulfonamides is 1. The summed E-state index contributed by atoms with van der Waals surface area (Å²) in [4.78, 5) is 13.1. The highest BCUT2D eigenvalue weighted by Crippen LogP contribution is 2.25. The fourth-order valence-electron chi connectivity index (χ4n) is 4.20. The van der Waals surface area contributed by atoms with Crippen molar-refractivity contribution in [2.45, 2.75) is 57.5 Å². The third-order valence-electron chi connectivity index (χ3n) is 5.91. The van der Waals surface area contributed by atoms with Gasteiger partial charge in [-0.3, -0.25) is 9.48 Å². The van der Waals surface area contributed by atoms with Crippen molar-refractivity contribution < 1.29 is 17.6 Å². The number of hydrogen-bond donors (Lipinski definition) is 0. The van der Waals surface area contributed by atoms with Gasteiger partial charge < -0.3 is 4.42 Å². The first-order valence-corrected chi connectivity index (χ1v) is 11.9. The van der Waals surface area contributed by atoms with Crippen LogP contribution in [0.25, 0.3) is 0 Å². The summed E-state index contributed by atoms with van der Waals surface area (Å²) >= 11 is 0. The first-order valence-electron chi connectivity index (χ1n) is 10.4. The molecule has 0 unspecified atom stereocenters. The molecule has 1 aromatic carbocycles. The minimum Gasteiger partial charge on any atom is -0.468 e. The molecule has 2 heterocycles. The van der Waals surface area contributed by atoms with Gasteiger partial charge in [0.25, 0.3) is 0 Å². The zero-order valence-corrected chi connectivity index (χ0v) is 18.9. The zero-order valence-electron chi connectivity index (χ0n) is 18.1. The van der Waals surface area contributed by atoms with Crippen LogP contribution in [0.4, 0.5) is 0 Å². The second-order valence-electron chi connectivity index (χ2n) is 8.11. The highest BCUT2D eigenvalue weighted by Gasteiger charge is 2.29. The lowest BCUT2D eigenvalue weighted by Gasteiger charge is -2.17. The normalized spacial score (nSPS) is 14.1. The number of fused-ring (bicyclic) bond motifs is 1. The molecule has 31 heavy (non-hydrogen) atoms. The van der Waals surface area contributed by atoms with Crippen molar-refractivity contribution in [3.05, 3.63) is 70.4 Å². The van der Waals surface area contributed by atoms with E-state index in [9.17, 15) is 13.2 Å². The summed E-state index contributed by atoms with van der Waals surface area (Å²) in [6.07, 6.45) is 5.91. The Labute approximate surface area is 182 Å². The minimum atomic E-state index is -3.79. The molecule has 4 rings (SSSR count). The number of rotatable bonds is 7. The van der Waals surface area contributed by atoms with E-state index in [1.54, 1.807) is 26.0 Å². The lowest BCUT2D eigenvalue weighted by atomic mass is 9.90. The van der Waals surface area contributed by atoms with Gasteiger partial charge in [0.1, 0.15) is 17.2 Å². The van der Waals surface area contributed by atoms with Crippen LogP contribution in [0.15, 0.2) is 45.9 Å².